The first-order chi connectivity index (χ1) is 8.33. The summed E-state index contributed by atoms with van der Waals surface area (Å²) in [7, 11) is 0. The van der Waals surface area contributed by atoms with Crippen molar-refractivity contribution in [1.82, 2.24) is 10.3 Å². The number of likely N-dealkylation sites (N-methyl/N-ethyl adjacent to an activating group) is 1. The number of aromatic nitrogens is 1. The molecule has 0 aliphatic carbocycles. The molecule has 1 atom stereocenters. The molecule has 0 aromatic carbocycles. The van der Waals surface area contributed by atoms with Crippen LogP contribution >= 0.6 is 0 Å². The number of nitrogens with zero attached hydrogens (tertiary/aromatic N) is 1. The van der Waals surface area contributed by atoms with E-state index in [-0.39, 0.29) is 11.9 Å². The molecule has 1 aromatic rings. The summed E-state index contributed by atoms with van der Waals surface area (Å²) in [5.74, 6) is -0.273. The lowest BCUT2D eigenvalue weighted by molar-refractivity contribution is 0.219. The molecule has 3 nitrogen and oxygen atoms in total. The van der Waals surface area contributed by atoms with Crippen LogP contribution in [0.3, 0.4) is 0 Å². The summed E-state index contributed by atoms with van der Waals surface area (Å²) < 4.78 is 19.1. The quantitative estimate of drug-likeness (QED) is 0.872. The van der Waals surface area contributed by atoms with Crippen LogP contribution in [-0.4, -0.2) is 18.1 Å². The zero-order valence-corrected chi connectivity index (χ0v) is 9.95. The van der Waals surface area contributed by atoms with Crippen LogP contribution in [0, 0.1) is 5.82 Å². The van der Waals surface area contributed by atoms with Gasteiger partial charge in [-0.1, -0.05) is 6.92 Å². The van der Waals surface area contributed by atoms with Crippen molar-refractivity contribution in [2.24, 2.45) is 0 Å². The van der Waals surface area contributed by atoms with Crippen LogP contribution in [0.4, 0.5) is 4.39 Å². The van der Waals surface area contributed by atoms with Crippen LogP contribution in [0.15, 0.2) is 30.2 Å². The van der Waals surface area contributed by atoms with Gasteiger partial charge in [-0.3, -0.25) is 4.98 Å². The summed E-state index contributed by atoms with van der Waals surface area (Å²) in [5.41, 5.74) is 1.52. The van der Waals surface area contributed by atoms with E-state index in [1.54, 1.807) is 18.5 Å². The summed E-state index contributed by atoms with van der Waals surface area (Å²) >= 11 is 0. The molecule has 1 aliphatic rings. The maximum Gasteiger partial charge on any atom is 0.146 e. The molecular formula is C13H17FN2O. The number of hydrogen-bond acceptors (Lipinski definition) is 3. The average Bonchev–Trinajstić information content (AvgIpc) is 2.38. The van der Waals surface area contributed by atoms with Crippen molar-refractivity contribution in [2.75, 3.05) is 13.2 Å². The lowest BCUT2D eigenvalue weighted by Gasteiger charge is -2.23. The Bertz CT molecular complexity index is 406. The highest BCUT2D eigenvalue weighted by Gasteiger charge is 2.22. The number of pyridine rings is 1. The number of rotatable bonds is 4. The molecule has 0 amide bonds. The van der Waals surface area contributed by atoms with Crippen molar-refractivity contribution in [3.8, 4) is 0 Å². The molecule has 1 aromatic heterocycles. The Labute approximate surface area is 101 Å². The fraction of sp³-hybridized carbons (Fsp3) is 0.462. The van der Waals surface area contributed by atoms with Crippen molar-refractivity contribution in [1.29, 1.82) is 0 Å². The number of halogens is 1. The van der Waals surface area contributed by atoms with Gasteiger partial charge in [0.1, 0.15) is 5.82 Å². The highest BCUT2D eigenvalue weighted by atomic mass is 19.1. The molecule has 1 N–H and O–H groups in total. The van der Waals surface area contributed by atoms with Crippen molar-refractivity contribution >= 4 is 0 Å². The minimum atomic E-state index is -0.273. The molecule has 0 radical (unpaired) electrons. The number of nitrogens with one attached hydrogen (secondary N) is 1. The van der Waals surface area contributed by atoms with Gasteiger partial charge in [-0.05, 0) is 37.1 Å². The summed E-state index contributed by atoms with van der Waals surface area (Å²) in [5, 5.41) is 3.26. The van der Waals surface area contributed by atoms with E-state index in [1.807, 2.05) is 6.92 Å². The normalized spacial score (nSPS) is 17.2. The minimum absolute atomic E-state index is 0.179. The maximum absolute atomic E-state index is 13.7. The van der Waals surface area contributed by atoms with Gasteiger partial charge in [-0.15, -0.1) is 0 Å². The van der Waals surface area contributed by atoms with Crippen LogP contribution in [0.1, 0.15) is 31.5 Å². The number of hydrogen-bond donors (Lipinski definition) is 1. The van der Waals surface area contributed by atoms with Gasteiger partial charge in [0.05, 0.1) is 24.6 Å². The molecule has 1 aliphatic heterocycles. The van der Waals surface area contributed by atoms with E-state index in [0.717, 1.165) is 31.6 Å². The Kier molecular flexibility index (Phi) is 4.09. The molecule has 4 heteroatoms. The highest BCUT2D eigenvalue weighted by Crippen LogP contribution is 2.27. The van der Waals surface area contributed by atoms with Gasteiger partial charge in [0, 0.05) is 6.20 Å². The summed E-state index contributed by atoms with van der Waals surface area (Å²) in [6.07, 6.45) is 5.26. The molecule has 0 saturated heterocycles. The highest BCUT2D eigenvalue weighted by molar-refractivity contribution is 5.23. The molecule has 17 heavy (non-hydrogen) atoms. The van der Waals surface area contributed by atoms with Gasteiger partial charge in [0.2, 0.25) is 0 Å². The van der Waals surface area contributed by atoms with Gasteiger partial charge in [0.15, 0.2) is 0 Å². The second-order valence-corrected chi connectivity index (χ2v) is 4.03. The first-order valence-electron chi connectivity index (χ1n) is 5.97. The SMILES string of the molecule is CCNC(C1=COCCC1)c1ncccc1F. The molecular weight excluding hydrogens is 219 g/mol. The second-order valence-electron chi connectivity index (χ2n) is 4.03. The first kappa shape index (κ1) is 12.0. The Balaban J connectivity index is 2.28. The van der Waals surface area contributed by atoms with Crippen LogP contribution < -0.4 is 5.32 Å². The Morgan fingerprint density at radius 3 is 3.12 bits per heavy atom. The summed E-state index contributed by atoms with van der Waals surface area (Å²) in [4.78, 5) is 4.14. The zero-order chi connectivity index (χ0) is 12.1. The maximum atomic E-state index is 13.7. The van der Waals surface area contributed by atoms with Gasteiger partial charge in [-0.2, -0.15) is 0 Å². The minimum Gasteiger partial charge on any atom is -0.501 e. The molecule has 0 saturated carbocycles. The average molecular weight is 236 g/mol. The van der Waals surface area contributed by atoms with Gasteiger partial charge >= 0.3 is 0 Å². The van der Waals surface area contributed by atoms with E-state index < -0.39 is 0 Å². The third-order valence-electron chi connectivity index (χ3n) is 2.80. The predicted octanol–water partition coefficient (Wildman–Crippen LogP) is 2.57. The fourth-order valence-corrected chi connectivity index (χ4v) is 2.01. The van der Waals surface area contributed by atoms with Crippen LogP contribution in [-0.2, 0) is 4.74 Å². The Morgan fingerprint density at radius 1 is 1.59 bits per heavy atom. The Morgan fingerprint density at radius 2 is 2.47 bits per heavy atom. The lowest BCUT2D eigenvalue weighted by atomic mass is 9.98. The van der Waals surface area contributed by atoms with E-state index >= 15 is 0 Å². The predicted molar refractivity (Wildman–Crippen MR) is 63.9 cm³/mol. The van der Waals surface area contributed by atoms with Gasteiger partial charge < -0.3 is 10.1 Å². The van der Waals surface area contributed by atoms with Crippen LogP contribution in [0.5, 0.6) is 0 Å². The van der Waals surface area contributed by atoms with Crippen LogP contribution in [0.2, 0.25) is 0 Å². The molecule has 92 valence electrons. The Hall–Kier alpha value is -1.42. The van der Waals surface area contributed by atoms with E-state index in [9.17, 15) is 4.39 Å². The second kappa shape index (κ2) is 5.77. The summed E-state index contributed by atoms with van der Waals surface area (Å²) in [6, 6.07) is 2.87. The van der Waals surface area contributed by atoms with E-state index in [0.29, 0.717) is 5.69 Å². The summed E-state index contributed by atoms with van der Waals surface area (Å²) in [6.45, 7) is 3.50. The molecule has 0 spiro atoms. The zero-order valence-electron chi connectivity index (χ0n) is 9.95. The van der Waals surface area contributed by atoms with Gasteiger partial charge in [0.25, 0.3) is 0 Å². The molecule has 1 unspecified atom stereocenters. The first-order valence-corrected chi connectivity index (χ1v) is 5.97. The van der Waals surface area contributed by atoms with Crippen molar-refractivity contribution in [2.45, 2.75) is 25.8 Å². The van der Waals surface area contributed by atoms with Gasteiger partial charge in [-0.25, -0.2) is 4.39 Å². The van der Waals surface area contributed by atoms with E-state index in [4.69, 9.17) is 4.74 Å². The third-order valence-corrected chi connectivity index (χ3v) is 2.80. The van der Waals surface area contributed by atoms with Crippen molar-refractivity contribution in [3.63, 3.8) is 0 Å². The standard InChI is InChI=1S/C13H17FN2O/c1-2-15-12(10-5-4-8-17-9-10)13-11(14)6-3-7-16-13/h3,6-7,9,12,15H,2,4-5,8H2,1H3. The molecule has 2 heterocycles. The molecule has 2 rings (SSSR count). The van der Waals surface area contributed by atoms with E-state index in [2.05, 4.69) is 10.3 Å². The fourth-order valence-electron chi connectivity index (χ4n) is 2.01. The number of ether oxygens (including phenoxy) is 1. The largest absolute Gasteiger partial charge is 0.501 e. The lowest BCUT2D eigenvalue weighted by Crippen LogP contribution is -2.26. The third kappa shape index (κ3) is 2.82. The van der Waals surface area contributed by atoms with Crippen molar-refractivity contribution < 1.29 is 9.13 Å². The van der Waals surface area contributed by atoms with Crippen LogP contribution in [0.25, 0.3) is 0 Å². The van der Waals surface area contributed by atoms with E-state index in [1.165, 1.54) is 6.07 Å². The molecule has 0 bridgehead atoms. The van der Waals surface area contributed by atoms with Crippen molar-refractivity contribution in [3.05, 3.63) is 41.7 Å². The monoisotopic (exact) mass is 236 g/mol. The molecule has 0 fully saturated rings. The topological polar surface area (TPSA) is 34.1 Å². The smallest absolute Gasteiger partial charge is 0.146 e.